The second-order valence-corrected chi connectivity index (χ2v) is 10.9. The highest BCUT2D eigenvalue weighted by atomic mass is 32.1. The lowest BCUT2D eigenvalue weighted by Crippen LogP contribution is -2.60. The van der Waals surface area contributed by atoms with Gasteiger partial charge in [-0.15, -0.1) is 0 Å². The number of aliphatic hydroxyl groups is 1. The molecule has 2 saturated heterocycles. The Labute approximate surface area is 215 Å². The molecular weight excluding hydrogens is 478 g/mol. The Hall–Kier alpha value is -2.41. The standard InChI is InChI=1S/C25H35N7O3S/c1-4-25(2,3)35-24(33)32-15-18(16-32)27-20-12-17(14-31-8-10-34-11-9-31)13-21(29-20)30-23-28-19-6-5-7-26-22(19)36-23/h5-7,12-13,18,24,33H,4,8-11,14-16H2,1-3H3,(H2,27,28,29,30). The van der Waals surface area contributed by atoms with Gasteiger partial charge in [-0.05, 0) is 50.1 Å². The van der Waals surface area contributed by atoms with E-state index < -0.39 is 6.41 Å². The maximum Gasteiger partial charge on any atom is 0.216 e. The summed E-state index contributed by atoms with van der Waals surface area (Å²) < 4.78 is 11.3. The average Bonchev–Trinajstić information content (AvgIpc) is 3.23. The first kappa shape index (κ1) is 25.2. The Kier molecular flexibility index (Phi) is 7.65. The molecule has 0 aliphatic carbocycles. The van der Waals surface area contributed by atoms with Crippen molar-refractivity contribution < 1.29 is 14.6 Å². The van der Waals surface area contributed by atoms with E-state index in [1.165, 1.54) is 16.9 Å². The van der Waals surface area contributed by atoms with Crippen molar-refractivity contribution in [2.24, 2.45) is 0 Å². The molecule has 0 amide bonds. The molecule has 5 heterocycles. The molecular formula is C25H35N7O3S. The molecule has 2 aliphatic rings. The van der Waals surface area contributed by atoms with Crippen molar-refractivity contribution in [2.75, 3.05) is 50.0 Å². The Morgan fingerprint density at radius 3 is 2.75 bits per heavy atom. The first-order chi connectivity index (χ1) is 17.4. The molecule has 3 aromatic heterocycles. The minimum Gasteiger partial charge on any atom is -0.379 e. The van der Waals surface area contributed by atoms with Gasteiger partial charge in [0, 0.05) is 38.9 Å². The number of rotatable bonds is 10. The fourth-order valence-corrected chi connectivity index (χ4v) is 5.02. The number of nitrogens with one attached hydrogen (secondary N) is 2. The largest absolute Gasteiger partial charge is 0.379 e. The molecule has 11 heteroatoms. The lowest BCUT2D eigenvalue weighted by Gasteiger charge is -2.44. The third kappa shape index (κ3) is 6.28. The zero-order valence-electron chi connectivity index (χ0n) is 21.1. The van der Waals surface area contributed by atoms with Crippen molar-refractivity contribution in [3.63, 3.8) is 0 Å². The molecule has 2 aliphatic heterocycles. The van der Waals surface area contributed by atoms with Crippen LogP contribution in [0.4, 0.5) is 16.8 Å². The van der Waals surface area contributed by atoms with E-state index in [-0.39, 0.29) is 11.6 Å². The molecule has 1 unspecified atom stereocenters. The summed E-state index contributed by atoms with van der Waals surface area (Å²) in [5, 5.41) is 18.1. The van der Waals surface area contributed by atoms with Crippen LogP contribution in [0.25, 0.3) is 10.3 Å². The number of hydrogen-bond donors (Lipinski definition) is 3. The Balaban J connectivity index is 1.28. The van der Waals surface area contributed by atoms with Crippen molar-refractivity contribution in [2.45, 2.75) is 51.8 Å². The number of hydrogen-bond acceptors (Lipinski definition) is 11. The van der Waals surface area contributed by atoms with Gasteiger partial charge >= 0.3 is 0 Å². The molecule has 0 spiro atoms. The topological polar surface area (TPSA) is 108 Å². The third-order valence-electron chi connectivity index (χ3n) is 6.65. The van der Waals surface area contributed by atoms with Crippen molar-refractivity contribution in [1.29, 1.82) is 0 Å². The maximum absolute atomic E-state index is 10.4. The van der Waals surface area contributed by atoms with Gasteiger partial charge in [0.1, 0.15) is 22.0 Å². The summed E-state index contributed by atoms with van der Waals surface area (Å²) in [6, 6.07) is 8.22. The molecule has 2 fully saturated rings. The zero-order chi connectivity index (χ0) is 25.1. The number of likely N-dealkylation sites (tertiary alicyclic amines) is 1. The quantitative estimate of drug-likeness (QED) is 0.350. The zero-order valence-corrected chi connectivity index (χ0v) is 21.9. The SMILES string of the molecule is CCC(C)(C)OC(O)N1CC(Nc2cc(CN3CCOCC3)cc(Nc3nc4cccnc4s3)n2)C1. The van der Waals surface area contributed by atoms with Crippen LogP contribution < -0.4 is 10.6 Å². The number of anilines is 3. The van der Waals surface area contributed by atoms with Gasteiger partial charge in [0.05, 0.1) is 24.9 Å². The number of aromatic nitrogens is 3. The van der Waals surface area contributed by atoms with Gasteiger partial charge in [-0.25, -0.2) is 15.0 Å². The van der Waals surface area contributed by atoms with Crippen LogP contribution in [0.15, 0.2) is 30.5 Å². The summed E-state index contributed by atoms with van der Waals surface area (Å²) in [5.41, 5.74) is 1.68. The van der Waals surface area contributed by atoms with Crippen LogP contribution >= 0.6 is 11.3 Å². The molecule has 10 nitrogen and oxygen atoms in total. The molecule has 194 valence electrons. The van der Waals surface area contributed by atoms with Crippen LogP contribution in [0, 0.1) is 0 Å². The lowest BCUT2D eigenvalue weighted by atomic mass is 10.1. The first-order valence-electron chi connectivity index (χ1n) is 12.5. The van der Waals surface area contributed by atoms with Gasteiger partial charge < -0.3 is 25.2 Å². The molecule has 3 N–H and O–H groups in total. The van der Waals surface area contributed by atoms with E-state index in [1.54, 1.807) is 6.20 Å². The van der Waals surface area contributed by atoms with Crippen molar-refractivity contribution in [3.05, 3.63) is 36.0 Å². The Bertz CT molecular complexity index is 1130. The van der Waals surface area contributed by atoms with E-state index in [1.807, 2.05) is 30.9 Å². The molecule has 36 heavy (non-hydrogen) atoms. The van der Waals surface area contributed by atoms with Crippen LogP contribution in [0.2, 0.25) is 0 Å². The van der Waals surface area contributed by atoms with Gasteiger partial charge in [-0.2, -0.15) is 0 Å². The van der Waals surface area contributed by atoms with E-state index in [4.69, 9.17) is 14.5 Å². The smallest absolute Gasteiger partial charge is 0.216 e. The highest BCUT2D eigenvalue weighted by molar-refractivity contribution is 7.21. The minimum atomic E-state index is -0.900. The fraction of sp³-hybridized carbons (Fsp3) is 0.560. The summed E-state index contributed by atoms with van der Waals surface area (Å²) >= 11 is 1.51. The molecule has 3 aromatic rings. The predicted molar refractivity (Wildman–Crippen MR) is 141 cm³/mol. The van der Waals surface area contributed by atoms with E-state index >= 15 is 0 Å². The van der Waals surface area contributed by atoms with E-state index in [0.717, 1.165) is 66.4 Å². The monoisotopic (exact) mass is 513 g/mol. The van der Waals surface area contributed by atoms with Crippen LogP contribution in [-0.2, 0) is 16.0 Å². The van der Waals surface area contributed by atoms with Crippen molar-refractivity contribution in [3.8, 4) is 0 Å². The number of aliphatic hydroxyl groups excluding tert-OH is 1. The van der Waals surface area contributed by atoms with E-state index in [0.29, 0.717) is 13.1 Å². The summed E-state index contributed by atoms with van der Waals surface area (Å²) in [5.74, 6) is 1.54. The van der Waals surface area contributed by atoms with Gasteiger partial charge in [0.25, 0.3) is 0 Å². The summed E-state index contributed by atoms with van der Waals surface area (Å²) in [4.78, 5) is 19.1. The number of morpholine rings is 1. The van der Waals surface area contributed by atoms with Crippen LogP contribution in [0.5, 0.6) is 0 Å². The average molecular weight is 514 g/mol. The molecule has 5 rings (SSSR count). The second-order valence-electron chi connectivity index (χ2n) is 9.96. The Morgan fingerprint density at radius 1 is 1.22 bits per heavy atom. The van der Waals surface area contributed by atoms with Gasteiger partial charge in [0.15, 0.2) is 5.13 Å². The summed E-state index contributed by atoms with van der Waals surface area (Å²) in [6.07, 6.45) is 1.71. The van der Waals surface area contributed by atoms with Crippen LogP contribution in [0.1, 0.15) is 32.8 Å². The number of pyridine rings is 2. The van der Waals surface area contributed by atoms with Crippen molar-refractivity contribution in [1.82, 2.24) is 24.8 Å². The molecule has 0 saturated carbocycles. The third-order valence-corrected chi connectivity index (χ3v) is 7.54. The maximum atomic E-state index is 10.4. The fourth-order valence-electron chi connectivity index (χ4n) is 4.20. The molecule has 0 radical (unpaired) electrons. The van der Waals surface area contributed by atoms with E-state index in [2.05, 4.69) is 44.6 Å². The van der Waals surface area contributed by atoms with Crippen LogP contribution in [0.3, 0.4) is 0 Å². The number of thiazole rings is 1. The number of ether oxygens (including phenoxy) is 2. The second kappa shape index (κ2) is 10.9. The van der Waals surface area contributed by atoms with Gasteiger partial charge in [0.2, 0.25) is 6.41 Å². The van der Waals surface area contributed by atoms with Crippen molar-refractivity contribution >= 4 is 38.5 Å². The summed E-state index contributed by atoms with van der Waals surface area (Å²) in [6.45, 7) is 11.6. The van der Waals surface area contributed by atoms with Gasteiger partial charge in [-0.1, -0.05) is 18.3 Å². The molecule has 1 atom stereocenters. The lowest BCUT2D eigenvalue weighted by molar-refractivity contribution is -0.258. The highest BCUT2D eigenvalue weighted by Crippen LogP contribution is 2.28. The van der Waals surface area contributed by atoms with Crippen LogP contribution in [-0.4, -0.2) is 87.3 Å². The predicted octanol–water partition coefficient (Wildman–Crippen LogP) is 3.24. The Morgan fingerprint density at radius 2 is 2.00 bits per heavy atom. The molecule has 0 bridgehead atoms. The van der Waals surface area contributed by atoms with Gasteiger partial charge in [-0.3, -0.25) is 9.80 Å². The first-order valence-corrected chi connectivity index (χ1v) is 13.3. The number of nitrogens with zero attached hydrogens (tertiary/aromatic N) is 5. The highest BCUT2D eigenvalue weighted by Gasteiger charge is 2.34. The van der Waals surface area contributed by atoms with E-state index in [9.17, 15) is 5.11 Å². The molecule has 0 aromatic carbocycles. The number of fused-ring (bicyclic) bond motifs is 1. The summed E-state index contributed by atoms with van der Waals surface area (Å²) in [7, 11) is 0. The normalized spacial score (nSPS) is 18.8. The minimum absolute atomic E-state index is 0.179.